The van der Waals surface area contributed by atoms with Gasteiger partial charge in [-0.15, -0.1) is 5.10 Å². The van der Waals surface area contributed by atoms with Gasteiger partial charge in [0.15, 0.2) is 0 Å². The van der Waals surface area contributed by atoms with Crippen LogP contribution in [0.2, 0.25) is 0 Å². The molecule has 5 rings (SSSR count). The van der Waals surface area contributed by atoms with E-state index in [1.807, 2.05) is 22.8 Å². The normalized spacial score (nSPS) is 15.5. The van der Waals surface area contributed by atoms with E-state index >= 15 is 0 Å². The van der Waals surface area contributed by atoms with E-state index in [0.29, 0.717) is 5.95 Å². The molecule has 6 nitrogen and oxygen atoms in total. The van der Waals surface area contributed by atoms with E-state index in [0.717, 1.165) is 42.9 Å². The lowest BCUT2D eigenvalue weighted by molar-refractivity contribution is 0.313. The Kier molecular flexibility index (Phi) is 3.90. The third kappa shape index (κ3) is 3.08. The van der Waals surface area contributed by atoms with Gasteiger partial charge in [-0.25, -0.2) is 9.50 Å². The summed E-state index contributed by atoms with van der Waals surface area (Å²) >= 11 is 0. The minimum atomic E-state index is 0.594. The molecule has 0 spiro atoms. The van der Waals surface area contributed by atoms with Gasteiger partial charge >= 0.3 is 0 Å². The third-order valence-electron chi connectivity index (χ3n) is 5.22. The molecule has 3 heterocycles. The topological polar surface area (TPSA) is 48.7 Å². The van der Waals surface area contributed by atoms with Crippen molar-refractivity contribution in [2.75, 3.05) is 43.4 Å². The molecule has 2 aromatic heterocycles. The van der Waals surface area contributed by atoms with Crippen LogP contribution in [0.4, 0.5) is 17.3 Å². The van der Waals surface area contributed by atoms with E-state index in [-0.39, 0.29) is 0 Å². The maximum Gasteiger partial charge on any atom is 0.245 e. The lowest BCUT2D eigenvalue weighted by Crippen LogP contribution is -2.44. The second-order valence-corrected chi connectivity index (χ2v) is 7.08. The molecule has 0 saturated carbocycles. The van der Waals surface area contributed by atoms with Crippen molar-refractivity contribution in [3.8, 4) is 0 Å². The predicted octanol–water partition coefficient (Wildman–Crippen LogP) is 3.38. The molecular weight excluding hydrogens is 336 g/mol. The summed E-state index contributed by atoms with van der Waals surface area (Å²) in [5.41, 5.74) is 4.33. The SMILES string of the molecule is CN1CCN(c2ccc(Nc3ncc4cc5ccccc5n4n3)cc2)CC1. The van der Waals surface area contributed by atoms with E-state index in [4.69, 9.17) is 0 Å². The molecule has 2 aromatic carbocycles. The molecule has 1 aliphatic rings. The Hall–Kier alpha value is -3.12. The first kappa shape index (κ1) is 16.1. The van der Waals surface area contributed by atoms with Crippen molar-refractivity contribution in [2.24, 2.45) is 0 Å². The molecule has 0 atom stereocenters. The largest absolute Gasteiger partial charge is 0.369 e. The van der Waals surface area contributed by atoms with Gasteiger partial charge in [-0.1, -0.05) is 18.2 Å². The molecule has 1 saturated heterocycles. The molecule has 0 amide bonds. The summed E-state index contributed by atoms with van der Waals surface area (Å²) in [5.74, 6) is 0.594. The Labute approximate surface area is 158 Å². The minimum absolute atomic E-state index is 0.594. The van der Waals surface area contributed by atoms with Gasteiger partial charge < -0.3 is 15.1 Å². The number of fused-ring (bicyclic) bond motifs is 3. The Morgan fingerprint density at radius 1 is 0.926 bits per heavy atom. The van der Waals surface area contributed by atoms with Crippen molar-refractivity contribution in [3.63, 3.8) is 0 Å². The highest BCUT2D eigenvalue weighted by atomic mass is 15.3. The van der Waals surface area contributed by atoms with Gasteiger partial charge in [-0.05, 0) is 43.4 Å². The van der Waals surface area contributed by atoms with Crippen molar-refractivity contribution in [1.82, 2.24) is 19.5 Å². The van der Waals surface area contributed by atoms with E-state index in [9.17, 15) is 0 Å². The van der Waals surface area contributed by atoms with Crippen molar-refractivity contribution in [1.29, 1.82) is 0 Å². The lowest BCUT2D eigenvalue weighted by atomic mass is 10.2. The van der Waals surface area contributed by atoms with Crippen LogP contribution in [-0.2, 0) is 0 Å². The van der Waals surface area contributed by atoms with Gasteiger partial charge in [-0.2, -0.15) is 0 Å². The molecule has 0 bridgehead atoms. The summed E-state index contributed by atoms with van der Waals surface area (Å²) < 4.78 is 1.93. The summed E-state index contributed by atoms with van der Waals surface area (Å²) in [6, 6.07) is 18.8. The molecule has 0 unspecified atom stereocenters. The van der Waals surface area contributed by atoms with Crippen LogP contribution < -0.4 is 10.2 Å². The van der Waals surface area contributed by atoms with Crippen molar-refractivity contribution < 1.29 is 0 Å². The Bertz CT molecular complexity index is 1080. The van der Waals surface area contributed by atoms with E-state index in [1.165, 1.54) is 11.1 Å². The van der Waals surface area contributed by atoms with Crippen LogP contribution in [0, 0.1) is 0 Å². The number of nitrogens with one attached hydrogen (secondary N) is 1. The first-order chi connectivity index (χ1) is 13.3. The molecule has 4 aromatic rings. The standard InChI is InChI=1S/C21H22N6/c1-25-10-12-26(13-11-25)18-8-6-17(7-9-18)23-21-22-15-19-14-16-4-2-3-5-20(16)27(19)24-21/h2-9,14-15H,10-13H2,1H3,(H,23,24). The number of hydrogen-bond donors (Lipinski definition) is 1. The third-order valence-corrected chi connectivity index (χ3v) is 5.22. The zero-order valence-electron chi connectivity index (χ0n) is 15.3. The molecule has 1 N–H and O–H groups in total. The van der Waals surface area contributed by atoms with Crippen molar-refractivity contribution >= 4 is 33.7 Å². The highest BCUT2D eigenvalue weighted by Gasteiger charge is 2.14. The van der Waals surface area contributed by atoms with Crippen LogP contribution in [0.25, 0.3) is 16.4 Å². The summed E-state index contributed by atoms with van der Waals surface area (Å²) in [6.07, 6.45) is 1.86. The molecule has 27 heavy (non-hydrogen) atoms. The van der Waals surface area contributed by atoms with E-state index < -0.39 is 0 Å². The Morgan fingerprint density at radius 3 is 2.52 bits per heavy atom. The fourth-order valence-corrected chi connectivity index (χ4v) is 3.62. The van der Waals surface area contributed by atoms with Gasteiger partial charge in [0.2, 0.25) is 5.95 Å². The van der Waals surface area contributed by atoms with Crippen LogP contribution in [0.15, 0.2) is 60.8 Å². The van der Waals surface area contributed by atoms with Crippen LogP contribution >= 0.6 is 0 Å². The van der Waals surface area contributed by atoms with Gasteiger partial charge in [0, 0.05) is 42.9 Å². The number of nitrogens with zero attached hydrogens (tertiary/aromatic N) is 5. The van der Waals surface area contributed by atoms with Gasteiger partial charge in [0.05, 0.1) is 17.2 Å². The highest BCUT2D eigenvalue weighted by Crippen LogP contribution is 2.22. The van der Waals surface area contributed by atoms with Crippen LogP contribution in [0.1, 0.15) is 0 Å². The minimum Gasteiger partial charge on any atom is -0.369 e. The molecule has 1 aliphatic heterocycles. The van der Waals surface area contributed by atoms with Crippen LogP contribution in [-0.4, -0.2) is 52.7 Å². The Morgan fingerprint density at radius 2 is 1.70 bits per heavy atom. The zero-order chi connectivity index (χ0) is 18.2. The summed E-state index contributed by atoms with van der Waals surface area (Å²) in [5, 5.41) is 9.14. The number of likely N-dealkylation sites (N-methyl/N-ethyl adjacent to an activating group) is 1. The zero-order valence-corrected chi connectivity index (χ0v) is 15.3. The molecule has 0 radical (unpaired) electrons. The molecular formula is C21H22N6. The van der Waals surface area contributed by atoms with Crippen LogP contribution in [0.5, 0.6) is 0 Å². The maximum absolute atomic E-state index is 4.66. The second kappa shape index (κ2) is 6.55. The number of benzene rings is 2. The van der Waals surface area contributed by atoms with Crippen molar-refractivity contribution in [2.45, 2.75) is 0 Å². The smallest absolute Gasteiger partial charge is 0.245 e. The molecule has 136 valence electrons. The van der Waals surface area contributed by atoms with Crippen LogP contribution in [0.3, 0.4) is 0 Å². The van der Waals surface area contributed by atoms with Gasteiger partial charge in [0.1, 0.15) is 0 Å². The molecule has 1 fully saturated rings. The number of aromatic nitrogens is 3. The predicted molar refractivity (Wildman–Crippen MR) is 110 cm³/mol. The average molecular weight is 358 g/mol. The molecule has 0 aliphatic carbocycles. The van der Waals surface area contributed by atoms with E-state index in [1.54, 1.807) is 0 Å². The molecule has 6 heteroatoms. The van der Waals surface area contributed by atoms with Gasteiger partial charge in [-0.3, -0.25) is 0 Å². The summed E-state index contributed by atoms with van der Waals surface area (Å²) in [6.45, 7) is 4.37. The number of hydrogen-bond acceptors (Lipinski definition) is 5. The lowest BCUT2D eigenvalue weighted by Gasteiger charge is -2.34. The second-order valence-electron chi connectivity index (χ2n) is 7.08. The summed E-state index contributed by atoms with van der Waals surface area (Å²) in [4.78, 5) is 9.25. The fraction of sp³-hybridized carbons (Fsp3) is 0.238. The maximum atomic E-state index is 4.66. The monoisotopic (exact) mass is 358 g/mol. The number of anilines is 3. The highest BCUT2D eigenvalue weighted by molar-refractivity contribution is 5.86. The summed E-state index contributed by atoms with van der Waals surface area (Å²) in [7, 11) is 2.18. The number of piperazine rings is 1. The van der Waals surface area contributed by atoms with Crippen molar-refractivity contribution in [3.05, 3.63) is 60.8 Å². The average Bonchev–Trinajstić information content (AvgIpc) is 3.07. The van der Waals surface area contributed by atoms with Gasteiger partial charge in [0.25, 0.3) is 0 Å². The number of para-hydroxylation sites is 1. The quantitative estimate of drug-likeness (QED) is 0.608. The Balaban J connectivity index is 1.37. The van der Waals surface area contributed by atoms with E-state index in [2.05, 4.69) is 74.7 Å². The number of rotatable bonds is 3. The fourth-order valence-electron chi connectivity index (χ4n) is 3.62. The first-order valence-corrected chi connectivity index (χ1v) is 9.30. The first-order valence-electron chi connectivity index (χ1n) is 9.30.